The smallest absolute Gasteiger partial charge is 0.0635 e. The van der Waals surface area contributed by atoms with Gasteiger partial charge in [0.05, 0.1) is 14.1 Å². The van der Waals surface area contributed by atoms with Crippen LogP contribution in [0.2, 0.25) is 0 Å². The predicted octanol–water partition coefficient (Wildman–Crippen LogP) is 5.10. The Morgan fingerprint density at radius 1 is 0.857 bits per heavy atom. The fourth-order valence-electron chi connectivity index (χ4n) is 1.71. The van der Waals surface area contributed by atoms with Crippen molar-refractivity contribution in [1.82, 2.24) is 0 Å². The van der Waals surface area contributed by atoms with E-state index in [0.29, 0.717) is 0 Å². The van der Waals surface area contributed by atoms with E-state index in [2.05, 4.69) is 26.8 Å². The van der Waals surface area contributed by atoms with Crippen LogP contribution in [0, 0.1) is 20.8 Å². The van der Waals surface area contributed by atoms with Gasteiger partial charge in [0.25, 0.3) is 0 Å². The van der Waals surface area contributed by atoms with Crippen molar-refractivity contribution in [2.45, 2.75) is 20.8 Å². The van der Waals surface area contributed by atoms with Gasteiger partial charge in [0.2, 0.25) is 0 Å². The highest BCUT2D eigenvalue weighted by molar-refractivity contribution is 7.38. The van der Waals surface area contributed by atoms with Gasteiger partial charge in [-0.1, -0.05) is 0 Å². The molecule has 3 rings (SSSR count). The first kappa shape index (κ1) is 8.89. The quantitative estimate of drug-likeness (QED) is 0.511. The van der Waals surface area contributed by atoms with Gasteiger partial charge in [-0.25, -0.2) is 0 Å². The van der Waals surface area contributed by atoms with Crippen molar-refractivity contribution in [2.24, 2.45) is 0 Å². The third kappa shape index (κ3) is 1.03. The van der Waals surface area contributed by atoms with Gasteiger partial charge < -0.3 is 0 Å². The van der Waals surface area contributed by atoms with E-state index in [-0.39, 0.29) is 0 Å². The molecule has 0 aliphatic heterocycles. The molecule has 0 amide bonds. The van der Waals surface area contributed by atoms with Gasteiger partial charge in [0.1, 0.15) is 0 Å². The minimum absolute atomic E-state index is 1.43. The summed E-state index contributed by atoms with van der Waals surface area (Å²) < 4.78 is 5.99. The van der Waals surface area contributed by atoms with Crippen molar-refractivity contribution in [2.75, 3.05) is 0 Å². The van der Waals surface area contributed by atoms with Crippen molar-refractivity contribution in [3.63, 3.8) is 0 Å². The molecule has 0 bridgehead atoms. The van der Waals surface area contributed by atoms with E-state index in [1.807, 2.05) is 34.0 Å². The molecule has 3 heteroatoms. The largest absolute Gasteiger partial charge is 0.138 e. The molecule has 0 unspecified atom stereocenters. The van der Waals surface area contributed by atoms with E-state index in [0.717, 1.165) is 0 Å². The average Bonchev–Trinajstić information content (AvgIpc) is 2.69. The number of hydrogen-bond acceptors (Lipinski definition) is 3. The standard InChI is InChI=1S/C11H10S3/c1-5-4-8-10(12-5)11-9(14-8)6(2)7(3)13-11/h4H,1-3H3. The molecule has 0 spiro atoms. The Morgan fingerprint density at radius 2 is 1.64 bits per heavy atom. The Kier molecular flexibility index (Phi) is 1.79. The fraction of sp³-hybridized carbons (Fsp3) is 0.273. The fourth-order valence-corrected chi connectivity index (χ4v) is 5.75. The molecule has 0 atom stereocenters. The Hall–Kier alpha value is -0.380. The van der Waals surface area contributed by atoms with Crippen LogP contribution in [0.4, 0.5) is 0 Å². The van der Waals surface area contributed by atoms with E-state index < -0.39 is 0 Å². The lowest BCUT2D eigenvalue weighted by Gasteiger charge is -1.84. The maximum absolute atomic E-state index is 2.31. The molecule has 0 aliphatic rings. The second-order valence-electron chi connectivity index (χ2n) is 3.59. The Morgan fingerprint density at radius 3 is 2.43 bits per heavy atom. The molecule has 0 fully saturated rings. The number of aryl methyl sites for hydroxylation is 3. The second kappa shape index (κ2) is 2.81. The molecule has 0 aliphatic carbocycles. The summed E-state index contributed by atoms with van der Waals surface area (Å²) in [4.78, 5) is 2.90. The van der Waals surface area contributed by atoms with Gasteiger partial charge in [-0.2, -0.15) is 0 Å². The van der Waals surface area contributed by atoms with Crippen LogP contribution < -0.4 is 0 Å². The van der Waals surface area contributed by atoms with Crippen molar-refractivity contribution >= 4 is 52.8 Å². The zero-order chi connectivity index (χ0) is 9.87. The maximum Gasteiger partial charge on any atom is 0.0635 e. The third-order valence-electron chi connectivity index (χ3n) is 2.57. The van der Waals surface area contributed by atoms with E-state index in [1.165, 1.54) is 34.1 Å². The summed E-state index contributed by atoms with van der Waals surface area (Å²) in [5.74, 6) is 0. The number of rotatable bonds is 0. The molecule has 0 aromatic carbocycles. The van der Waals surface area contributed by atoms with Crippen molar-refractivity contribution in [3.05, 3.63) is 21.4 Å². The average molecular weight is 238 g/mol. The summed E-state index contributed by atoms with van der Waals surface area (Å²) in [6.45, 7) is 6.65. The molecule has 0 saturated heterocycles. The zero-order valence-corrected chi connectivity index (χ0v) is 10.8. The van der Waals surface area contributed by atoms with E-state index in [9.17, 15) is 0 Å². The Bertz CT molecular complexity index is 622. The minimum Gasteiger partial charge on any atom is -0.138 e. The molecule has 0 nitrogen and oxygen atoms in total. The van der Waals surface area contributed by atoms with Gasteiger partial charge in [-0.15, -0.1) is 34.0 Å². The first-order valence-corrected chi connectivity index (χ1v) is 7.00. The summed E-state index contributed by atoms with van der Waals surface area (Å²) in [6, 6.07) is 2.31. The van der Waals surface area contributed by atoms with Gasteiger partial charge in [-0.3, -0.25) is 0 Å². The van der Waals surface area contributed by atoms with Gasteiger partial charge in [0.15, 0.2) is 0 Å². The first-order chi connectivity index (χ1) is 6.66. The van der Waals surface area contributed by atoms with Gasteiger partial charge in [0, 0.05) is 14.5 Å². The van der Waals surface area contributed by atoms with Crippen molar-refractivity contribution < 1.29 is 0 Å². The highest BCUT2D eigenvalue weighted by Crippen LogP contribution is 2.45. The van der Waals surface area contributed by atoms with Crippen LogP contribution in [0.1, 0.15) is 15.3 Å². The van der Waals surface area contributed by atoms with Crippen LogP contribution in [0.3, 0.4) is 0 Å². The first-order valence-electron chi connectivity index (χ1n) is 4.55. The Balaban J connectivity index is 2.56. The second-order valence-corrected chi connectivity index (χ2v) is 7.13. The van der Waals surface area contributed by atoms with Crippen molar-refractivity contribution in [1.29, 1.82) is 0 Å². The van der Waals surface area contributed by atoms with Gasteiger partial charge in [-0.05, 0) is 32.4 Å². The maximum atomic E-state index is 2.31. The normalized spacial score (nSPS) is 11.9. The van der Waals surface area contributed by atoms with Crippen LogP contribution in [0.25, 0.3) is 18.8 Å². The van der Waals surface area contributed by atoms with Crippen LogP contribution in [0.15, 0.2) is 6.07 Å². The van der Waals surface area contributed by atoms with E-state index >= 15 is 0 Å². The van der Waals surface area contributed by atoms with Crippen LogP contribution in [-0.2, 0) is 0 Å². The molecule has 0 saturated carbocycles. The highest BCUT2D eigenvalue weighted by atomic mass is 32.1. The number of fused-ring (bicyclic) bond motifs is 3. The highest BCUT2D eigenvalue weighted by Gasteiger charge is 2.13. The molecule has 3 aromatic rings. The summed E-state index contributed by atoms with van der Waals surface area (Å²) >= 11 is 5.83. The molecule has 3 aromatic heterocycles. The molecule has 3 heterocycles. The summed E-state index contributed by atoms with van der Waals surface area (Å²) in [7, 11) is 0. The minimum atomic E-state index is 1.43. The molecular formula is C11H10S3. The molecule has 14 heavy (non-hydrogen) atoms. The molecule has 72 valence electrons. The SMILES string of the molecule is Cc1cc2sc3c(C)c(C)sc3c2s1. The number of hydrogen-bond donors (Lipinski definition) is 0. The molecule has 0 N–H and O–H groups in total. The van der Waals surface area contributed by atoms with E-state index in [1.54, 1.807) is 0 Å². The van der Waals surface area contributed by atoms with Crippen molar-refractivity contribution in [3.8, 4) is 0 Å². The monoisotopic (exact) mass is 238 g/mol. The lowest BCUT2D eigenvalue weighted by Crippen LogP contribution is -1.64. The zero-order valence-electron chi connectivity index (χ0n) is 8.30. The van der Waals surface area contributed by atoms with E-state index in [4.69, 9.17) is 0 Å². The third-order valence-corrected chi connectivity index (χ3v) is 6.51. The predicted molar refractivity (Wildman–Crippen MR) is 69.3 cm³/mol. The topological polar surface area (TPSA) is 0 Å². The van der Waals surface area contributed by atoms with Crippen LogP contribution in [-0.4, -0.2) is 0 Å². The van der Waals surface area contributed by atoms with Crippen LogP contribution >= 0.6 is 34.0 Å². The molecule has 0 radical (unpaired) electrons. The Labute approximate surface area is 94.8 Å². The summed E-state index contributed by atoms with van der Waals surface area (Å²) in [5, 5.41) is 0. The van der Waals surface area contributed by atoms with Crippen LogP contribution in [0.5, 0.6) is 0 Å². The lowest BCUT2D eigenvalue weighted by atomic mass is 10.3. The molecular weight excluding hydrogens is 228 g/mol. The number of thiophene rings is 3. The summed E-state index contributed by atoms with van der Waals surface area (Å²) in [6.07, 6.45) is 0. The van der Waals surface area contributed by atoms with Gasteiger partial charge >= 0.3 is 0 Å². The lowest BCUT2D eigenvalue weighted by molar-refractivity contribution is 1.48. The summed E-state index contributed by atoms with van der Waals surface area (Å²) in [5.41, 5.74) is 1.48.